The molecule has 0 amide bonds. The smallest absolute Gasteiger partial charge is 0.418 e. The molecule has 0 aliphatic heterocycles. The lowest BCUT2D eigenvalue weighted by Gasteiger charge is -2.20. The number of hydrogen-bond donors (Lipinski definition) is 3. The van der Waals surface area contributed by atoms with Gasteiger partial charge in [0.15, 0.2) is 0 Å². The van der Waals surface area contributed by atoms with Gasteiger partial charge < -0.3 is 20.7 Å². The molecule has 0 bridgehead atoms. The number of rotatable bonds is 7. The fourth-order valence-electron chi connectivity index (χ4n) is 3.17. The molecule has 3 aromatic rings. The minimum Gasteiger partial charge on any atom is -0.443 e. The van der Waals surface area contributed by atoms with E-state index in [-0.39, 0.29) is 18.8 Å². The Balaban J connectivity index is 1.80. The molecule has 0 unspecified atom stereocenters. The largest absolute Gasteiger partial charge is 0.443 e. The fourth-order valence-corrected chi connectivity index (χ4v) is 3.44. The molecule has 0 atom stereocenters. The summed E-state index contributed by atoms with van der Waals surface area (Å²) >= 11 is 6.42. The van der Waals surface area contributed by atoms with Crippen LogP contribution in [-0.2, 0) is 4.74 Å². The Kier molecular flexibility index (Phi) is 7.77. The Morgan fingerprint density at radius 1 is 1.17 bits per heavy atom. The molecular weight excluding hydrogens is 485 g/mol. The molecule has 2 heterocycles. The Bertz CT molecular complexity index is 1260. The Morgan fingerprint density at radius 3 is 2.57 bits per heavy atom. The van der Waals surface area contributed by atoms with Gasteiger partial charge in [-0.1, -0.05) is 11.6 Å². The maximum Gasteiger partial charge on any atom is 0.418 e. The highest BCUT2D eigenvalue weighted by molar-refractivity contribution is 6.36. The van der Waals surface area contributed by atoms with E-state index in [4.69, 9.17) is 16.3 Å². The van der Waals surface area contributed by atoms with E-state index in [2.05, 4.69) is 20.9 Å². The molecule has 0 saturated carbocycles. The van der Waals surface area contributed by atoms with Crippen molar-refractivity contribution in [3.05, 3.63) is 47.2 Å². The van der Waals surface area contributed by atoms with Crippen LogP contribution in [0.5, 0.6) is 0 Å². The van der Waals surface area contributed by atoms with Crippen LogP contribution in [0, 0.1) is 11.3 Å². The first kappa shape index (κ1) is 26.1. The van der Waals surface area contributed by atoms with Gasteiger partial charge in [-0.05, 0) is 45.0 Å². The molecule has 3 N–H and O–H groups in total. The van der Waals surface area contributed by atoms with E-state index in [9.17, 15) is 23.2 Å². The Labute approximate surface area is 205 Å². The van der Waals surface area contributed by atoms with Crippen molar-refractivity contribution in [3.8, 4) is 6.07 Å². The second kappa shape index (κ2) is 10.4. The molecule has 0 saturated heterocycles. The van der Waals surface area contributed by atoms with Crippen molar-refractivity contribution in [2.75, 3.05) is 30.3 Å². The predicted molar refractivity (Wildman–Crippen MR) is 128 cm³/mol. The van der Waals surface area contributed by atoms with E-state index in [1.165, 1.54) is 10.6 Å². The zero-order valence-corrected chi connectivity index (χ0v) is 20.0. The second-order valence-corrected chi connectivity index (χ2v) is 9.05. The third-order valence-electron chi connectivity index (χ3n) is 4.52. The molecule has 1 aromatic carbocycles. The summed E-state index contributed by atoms with van der Waals surface area (Å²) in [4.78, 5) is 16.8. The van der Waals surface area contributed by atoms with Crippen LogP contribution in [0.15, 0.2) is 36.5 Å². The lowest BCUT2D eigenvalue weighted by atomic mass is 10.2. The zero-order valence-electron chi connectivity index (χ0n) is 19.3. The normalized spacial score (nSPS) is 11.8. The third-order valence-corrected chi connectivity index (χ3v) is 4.83. The van der Waals surface area contributed by atoms with Crippen LogP contribution in [0.25, 0.3) is 10.9 Å². The highest BCUT2D eigenvalue weighted by atomic mass is 35.5. The van der Waals surface area contributed by atoms with Crippen molar-refractivity contribution >= 4 is 45.8 Å². The van der Waals surface area contributed by atoms with Crippen LogP contribution in [-0.4, -0.2) is 47.1 Å². The first-order valence-corrected chi connectivity index (χ1v) is 11.0. The van der Waals surface area contributed by atoms with Crippen LogP contribution >= 0.6 is 11.6 Å². The maximum atomic E-state index is 12.6. The lowest BCUT2D eigenvalue weighted by molar-refractivity contribution is -0.124. The Hall–Kier alpha value is -3.49. The number of fused-ring (bicyclic) bond motifs is 1. The average Bonchev–Trinajstić information content (AvgIpc) is 3.16. The molecule has 3 rings (SSSR count). The molecule has 0 aliphatic rings. The number of nitrogens with zero attached hydrogens (tertiary/aromatic N) is 3. The molecule has 2 aromatic heterocycles. The molecule has 0 aliphatic carbocycles. The van der Waals surface area contributed by atoms with Gasteiger partial charge in [0.05, 0.1) is 17.1 Å². The molecule has 8 nitrogen and oxygen atoms in total. The number of benzene rings is 1. The maximum absolute atomic E-state index is 12.6. The first-order chi connectivity index (χ1) is 16.3. The number of anilines is 3. The average molecular weight is 509 g/mol. The minimum atomic E-state index is -4.28. The molecule has 186 valence electrons. The summed E-state index contributed by atoms with van der Waals surface area (Å²) < 4.78 is 43.5. The van der Waals surface area contributed by atoms with Crippen molar-refractivity contribution < 1.29 is 22.7 Å². The van der Waals surface area contributed by atoms with E-state index in [1.54, 1.807) is 51.2 Å². The van der Waals surface area contributed by atoms with Gasteiger partial charge in [0.2, 0.25) is 0 Å². The number of nitrogens with one attached hydrogen (secondary N) is 3. The number of pyridine rings is 1. The van der Waals surface area contributed by atoms with Crippen molar-refractivity contribution in [3.63, 3.8) is 0 Å². The van der Waals surface area contributed by atoms with E-state index in [0.717, 1.165) is 0 Å². The number of carbonyl (C=O) groups is 1. The summed E-state index contributed by atoms with van der Waals surface area (Å²) in [6.45, 7) is 4.48. The number of aromatic nitrogens is 2. The molecule has 0 radical (unpaired) electrons. The van der Waals surface area contributed by atoms with Crippen LogP contribution in [0.4, 0.5) is 35.2 Å². The quantitative estimate of drug-likeness (QED) is 0.354. The third kappa shape index (κ3) is 7.50. The second-order valence-electron chi connectivity index (χ2n) is 8.64. The topological polar surface area (TPSA) is 104 Å². The number of ether oxygens (including phenoxy) is 1. The van der Waals surface area contributed by atoms with Crippen LogP contribution in [0.1, 0.15) is 26.5 Å². The molecular formula is C23H24ClF3N6O2. The van der Waals surface area contributed by atoms with Gasteiger partial charge in [-0.25, -0.2) is 9.78 Å². The van der Waals surface area contributed by atoms with Gasteiger partial charge in [-0.15, -0.1) is 0 Å². The Morgan fingerprint density at radius 2 is 1.91 bits per heavy atom. The van der Waals surface area contributed by atoms with Gasteiger partial charge in [-0.3, -0.25) is 4.57 Å². The molecule has 0 spiro atoms. The summed E-state index contributed by atoms with van der Waals surface area (Å²) in [5.41, 5.74) is 0.939. The van der Waals surface area contributed by atoms with E-state index in [0.29, 0.717) is 33.1 Å². The zero-order chi connectivity index (χ0) is 25.8. The van der Waals surface area contributed by atoms with Crippen molar-refractivity contribution in [1.82, 2.24) is 14.9 Å². The van der Waals surface area contributed by atoms with Gasteiger partial charge >= 0.3 is 12.3 Å². The summed E-state index contributed by atoms with van der Waals surface area (Å²) in [5.74, 6) is 0.306. The fraction of sp³-hybridized carbons (Fsp3) is 0.348. The summed E-state index contributed by atoms with van der Waals surface area (Å²) in [7, 11) is 0. The summed E-state index contributed by atoms with van der Waals surface area (Å²) in [6, 6.07) is 10.1. The van der Waals surface area contributed by atoms with Crippen molar-refractivity contribution in [2.24, 2.45) is 0 Å². The minimum absolute atomic E-state index is 0.0699. The van der Waals surface area contributed by atoms with Gasteiger partial charge in [0.1, 0.15) is 23.2 Å². The van der Waals surface area contributed by atoms with Crippen LogP contribution in [0.3, 0.4) is 0 Å². The van der Waals surface area contributed by atoms with Gasteiger partial charge in [-0.2, -0.15) is 18.4 Å². The number of carbonyl (C=O) groups excluding carboxylic acids is 1. The SMILES string of the molecule is CC(C)(C)OC(=O)n1ccc2c(Cl)cc(Nc3cc(NCCNCC(F)(F)F)cc(C#N)n3)cc21. The number of nitriles is 1. The summed E-state index contributed by atoms with van der Waals surface area (Å²) in [6.07, 6.45) is -3.28. The van der Waals surface area contributed by atoms with E-state index in [1.807, 2.05) is 6.07 Å². The number of halogens is 4. The van der Waals surface area contributed by atoms with E-state index < -0.39 is 24.4 Å². The lowest BCUT2D eigenvalue weighted by Crippen LogP contribution is -2.32. The highest BCUT2D eigenvalue weighted by Crippen LogP contribution is 2.31. The summed E-state index contributed by atoms with van der Waals surface area (Å²) in [5, 5.41) is 18.7. The highest BCUT2D eigenvalue weighted by Gasteiger charge is 2.26. The molecule has 12 heteroatoms. The van der Waals surface area contributed by atoms with Gasteiger partial charge in [0, 0.05) is 42.1 Å². The molecule has 0 fully saturated rings. The predicted octanol–water partition coefficient (Wildman–Crippen LogP) is 5.65. The van der Waals surface area contributed by atoms with Crippen LogP contribution < -0.4 is 16.0 Å². The first-order valence-electron chi connectivity index (χ1n) is 10.6. The van der Waals surface area contributed by atoms with E-state index >= 15 is 0 Å². The van der Waals surface area contributed by atoms with Gasteiger partial charge in [0.25, 0.3) is 0 Å². The number of alkyl halides is 3. The molecule has 35 heavy (non-hydrogen) atoms. The van der Waals surface area contributed by atoms with Crippen molar-refractivity contribution in [2.45, 2.75) is 32.5 Å². The number of hydrogen-bond acceptors (Lipinski definition) is 7. The van der Waals surface area contributed by atoms with Crippen molar-refractivity contribution in [1.29, 1.82) is 5.26 Å². The van der Waals surface area contributed by atoms with Crippen LogP contribution in [0.2, 0.25) is 5.02 Å². The standard InChI is InChI=1S/C23H24ClF3N6O2/c1-22(2,3)35-21(34)33-7-4-17-18(24)9-15(10-19(17)33)31-20-11-14(8-16(12-28)32-20)30-6-5-29-13-23(25,26)27/h4,7-11,29H,5-6,13H2,1-3H3,(H2,30,31,32). The monoisotopic (exact) mass is 508 g/mol.